The number of carbonyl (C=O) groups is 1. The average Bonchev–Trinajstić information content (AvgIpc) is 2.72. The third-order valence-corrected chi connectivity index (χ3v) is 3.53. The van der Waals surface area contributed by atoms with Gasteiger partial charge in [0.05, 0.1) is 6.54 Å². The highest BCUT2D eigenvalue weighted by molar-refractivity contribution is 7.07. The molecule has 0 unspecified atom stereocenters. The van der Waals surface area contributed by atoms with Gasteiger partial charge in [-0.2, -0.15) is 0 Å². The minimum absolute atomic E-state index is 0.531. The molecule has 0 radical (unpaired) electrons. The van der Waals surface area contributed by atoms with Gasteiger partial charge in [-0.15, -0.1) is 16.3 Å². The lowest BCUT2D eigenvalue weighted by atomic mass is 10.2. The molecule has 1 aromatic carbocycles. The average molecular weight is 262 g/mol. The highest BCUT2D eigenvalue weighted by Gasteiger charge is 2.05. The van der Waals surface area contributed by atoms with E-state index in [4.69, 9.17) is 5.11 Å². The molecule has 0 atom stereocenters. The van der Waals surface area contributed by atoms with Gasteiger partial charge in [-0.05, 0) is 12.0 Å². The number of nitrogens with zero attached hydrogens (tertiary/aromatic N) is 2. The van der Waals surface area contributed by atoms with Crippen molar-refractivity contribution in [1.82, 2.24) is 4.57 Å². The summed E-state index contributed by atoms with van der Waals surface area (Å²) in [5.41, 5.74) is 2.24. The number of amides is 1. The van der Waals surface area contributed by atoms with Crippen molar-refractivity contribution in [3.8, 4) is 0 Å². The Labute approximate surface area is 109 Å². The molecule has 0 saturated carbocycles. The Bertz CT molecular complexity index is 599. The Morgan fingerprint density at radius 1 is 1.39 bits per heavy atom. The van der Waals surface area contributed by atoms with Gasteiger partial charge in [-0.1, -0.05) is 37.3 Å². The molecule has 2 aromatic rings. The Morgan fingerprint density at radius 3 is 2.72 bits per heavy atom. The highest BCUT2D eigenvalue weighted by atomic mass is 32.1. The fourth-order valence-corrected chi connectivity index (χ4v) is 2.72. The van der Waals surface area contributed by atoms with Crippen molar-refractivity contribution >= 4 is 17.4 Å². The summed E-state index contributed by atoms with van der Waals surface area (Å²) in [6.45, 7) is 2.70. The number of thiazole rings is 1. The number of carboxylic acid groups (broad SMARTS) is 1. The molecule has 5 heteroatoms. The van der Waals surface area contributed by atoms with Crippen LogP contribution in [-0.4, -0.2) is 15.8 Å². The minimum atomic E-state index is -1.15. The number of hydrogen-bond donors (Lipinski definition) is 1. The lowest BCUT2D eigenvalue weighted by molar-refractivity contribution is 0.204. The van der Waals surface area contributed by atoms with Crippen LogP contribution >= 0.6 is 11.3 Å². The zero-order valence-corrected chi connectivity index (χ0v) is 10.9. The molecule has 0 aliphatic rings. The maximum atomic E-state index is 10.7. The molecule has 0 aliphatic carbocycles. The molecule has 0 aliphatic heterocycles. The van der Waals surface area contributed by atoms with E-state index in [0.29, 0.717) is 11.3 Å². The molecule has 2 rings (SSSR count). The first-order valence-corrected chi connectivity index (χ1v) is 6.57. The van der Waals surface area contributed by atoms with Gasteiger partial charge < -0.3 is 9.67 Å². The van der Waals surface area contributed by atoms with Gasteiger partial charge in [0, 0.05) is 11.1 Å². The maximum Gasteiger partial charge on any atom is 0.433 e. The molecule has 0 saturated heterocycles. The Hall–Kier alpha value is -1.88. The SMILES string of the molecule is CCc1cs/c(=N/C(=O)O)n1Cc1ccccc1. The molecule has 0 fully saturated rings. The third-order valence-electron chi connectivity index (χ3n) is 2.62. The van der Waals surface area contributed by atoms with E-state index in [0.717, 1.165) is 17.7 Å². The second kappa shape index (κ2) is 5.64. The molecular weight excluding hydrogens is 248 g/mol. The van der Waals surface area contributed by atoms with Crippen LogP contribution in [0.1, 0.15) is 18.2 Å². The fourth-order valence-electron chi connectivity index (χ4n) is 1.75. The van der Waals surface area contributed by atoms with Gasteiger partial charge in [0.1, 0.15) is 0 Å². The van der Waals surface area contributed by atoms with Crippen molar-refractivity contribution in [2.24, 2.45) is 4.99 Å². The first-order chi connectivity index (χ1) is 8.70. The van der Waals surface area contributed by atoms with Crippen LogP contribution in [0.25, 0.3) is 0 Å². The lowest BCUT2D eigenvalue weighted by Crippen LogP contribution is -2.19. The zero-order chi connectivity index (χ0) is 13.0. The fraction of sp³-hybridized carbons (Fsp3) is 0.231. The molecule has 94 valence electrons. The molecule has 4 nitrogen and oxygen atoms in total. The first-order valence-electron chi connectivity index (χ1n) is 5.69. The molecular formula is C13H14N2O2S. The zero-order valence-electron chi connectivity index (χ0n) is 10.0. The van der Waals surface area contributed by atoms with Gasteiger partial charge in [0.15, 0.2) is 4.80 Å². The summed E-state index contributed by atoms with van der Waals surface area (Å²) in [6.07, 6.45) is -0.292. The van der Waals surface area contributed by atoms with Gasteiger partial charge in [-0.25, -0.2) is 4.79 Å². The number of aryl methyl sites for hydroxylation is 1. The number of aromatic nitrogens is 1. The summed E-state index contributed by atoms with van der Waals surface area (Å²) in [6, 6.07) is 9.96. The van der Waals surface area contributed by atoms with Crippen LogP contribution in [0, 0.1) is 0 Å². The monoisotopic (exact) mass is 262 g/mol. The standard InChI is InChI=1S/C13H14N2O2S/c1-2-11-9-18-12(14-13(16)17)15(11)8-10-6-4-3-5-7-10/h3-7,9H,2,8H2,1H3,(H,16,17)/b14-12+. The normalized spacial score (nSPS) is 11.7. The van der Waals surface area contributed by atoms with Crippen molar-refractivity contribution in [3.63, 3.8) is 0 Å². The number of hydrogen-bond acceptors (Lipinski definition) is 2. The summed E-state index contributed by atoms with van der Waals surface area (Å²) < 4.78 is 1.95. The first kappa shape index (κ1) is 12.6. The summed E-state index contributed by atoms with van der Waals surface area (Å²) in [7, 11) is 0. The smallest absolute Gasteiger partial charge is 0.433 e. The van der Waals surface area contributed by atoms with Crippen molar-refractivity contribution in [1.29, 1.82) is 0 Å². The van der Waals surface area contributed by atoms with E-state index in [2.05, 4.69) is 4.99 Å². The van der Waals surface area contributed by atoms with E-state index in [1.165, 1.54) is 11.3 Å². The van der Waals surface area contributed by atoms with Gasteiger partial charge >= 0.3 is 6.09 Å². The Balaban J connectivity index is 2.42. The topological polar surface area (TPSA) is 54.6 Å². The van der Waals surface area contributed by atoms with E-state index in [9.17, 15) is 4.79 Å². The van der Waals surface area contributed by atoms with E-state index in [-0.39, 0.29) is 0 Å². The van der Waals surface area contributed by atoms with E-state index in [1.807, 2.05) is 47.2 Å². The van der Waals surface area contributed by atoms with Gasteiger partial charge in [0.2, 0.25) is 0 Å². The van der Waals surface area contributed by atoms with Gasteiger partial charge in [0.25, 0.3) is 0 Å². The van der Waals surface area contributed by atoms with Crippen molar-refractivity contribution in [2.45, 2.75) is 19.9 Å². The Morgan fingerprint density at radius 2 is 2.11 bits per heavy atom. The van der Waals surface area contributed by atoms with Crippen LogP contribution in [0.3, 0.4) is 0 Å². The number of rotatable bonds is 3. The van der Waals surface area contributed by atoms with Crippen LogP contribution in [0.5, 0.6) is 0 Å². The van der Waals surface area contributed by atoms with Crippen molar-refractivity contribution in [2.75, 3.05) is 0 Å². The molecule has 1 amide bonds. The van der Waals surface area contributed by atoms with E-state index in [1.54, 1.807) is 0 Å². The maximum absolute atomic E-state index is 10.7. The van der Waals surface area contributed by atoms with E-state index >= 15 is 0 Å². The van der Waals surface area contributed by atoms with Crippen LogP contribution < -0.4 is 4.80 Å². The molecule has 1 aromatic heterocycles. The molecule has 0 spiro atoms. The predicted octanol–water partition coefficient (Wildman–Crippen LogP) is 2.74. The predicted molar refractivity (Wildman–Crippen MR) is 70.8 cm³/mol. The number of benzene rings is 1. The van der Waals surface area contributed by atoms with E-state index < -0.39 is 6.09 Å². The summed E-state index contributed by atoms with van der Waals surface area (Å²) in [4.78, 5) is 14.9. The molecule has 0 bridgehead atoms. The second-order valence-electron chi connectivity index (χ2n) is 3.83. The van der Waals surface area contributed by atoms with Crippen LogP contribution in [0.2, 0.25) is 0 Å². The lowest BCUT2D eigenvalue weighted by Gasteiger charge is -2.07. The quantitative estimate of drug-likeness (QED) is 0.924. The summed E-state index contributed by atoms with van der Waals surface area (Å²) >= 11 is 1.36. The summed E-state index contributed by atoms with van der Waals surface area (Å²) in [5, 5.41) is 10.7. The third kappa shape index (κ3) is 2.87. The summed E-state index contributed by atoms with van der Waals surface area (Å²) in [5.74, 6) is 0. The molecule has 1 N–H and O–H groups in total. The largest absolute Gasteiger partial charge is 0.463 e. The van der Waals surface area contributed by atoms with Crippen LogP contribution in [-0.2, 0) is 13.0 Å². The molecule has 1 heterocycles. The Kier molecular flexibility index (Phi) is 3.94. The van der Waals surface area contributed by atoms with Crippen LogP contribution in [0.15, 0.2) is 40.7 Å². The van der Waals surface area contributed by atoms with Crippen molar-refractivity contribution < 1.29 is 9.90 Å². The van der Waals surface area contributed by atoms with Crippen LogP contribution in [0.4, 0.5) is 4.79 Å². The second-order valence-corrected chi connectivity index (χ2v) is 4.67. The van der Waals surface area contributed by atoms with Gasteiger partial charge in [-0.3, -0.25) is 0 Å². The van der Waals surface area contributed by atoms with Crippen molar-refractivity contribution in [3.05, 3.63) is 51.8 Å². The highest BCUT2D eigenvalue weighted by Crippen LogP contribution is 2.07. The minimum Gasteiger partial charge on any atom is -0.463 e. The molecule has 18 heavy (non-hydrogen) atoms.